The predicted molar refractivity (Wildman–Crippen MR) is 80.6 cm³/mol. The summed E-state index contributed by atoms with van der Waals surface area (Å²) >= 11 is 6.21. The molecule has 2 aliphatic rings. The van der Waals surface area contributed by atoms with Crippen molar-refractivity contribution >= 4 is 28.2 Å². The average molecular weight is 306 g/mol. The van der Waals surface area contributed by atoms with Crippen LogP contribution in [0.1, 0.15) is 12.8 Å². The number of nitrogens with zero attached hydrogens (tertiary/aromatic N) is 3. The second-order valence-electron chi connectivity index (χ2n) is 5.46. The number of fused-ring (bicyclic) bond motifs is 1. The fourth-order valence-electron chi connectivity index (χ4n) is 3.16. The molecule has 1 spiro atoms. The van der Waals surface area contributed by atoms with Crippen molar-refractivity contribution < 1.29 is 9.47 Å². The number of rotatable bonds is 1. The third-order valence-corrected chi connectivity index (χ3v) is 4.58. The minimum Gasteiger partial charge on any atom is -0.369 e. The first-order chi connectivity index (χ1) is 10.3. The van der Waals surface area contributed by atoms with Crippen LogP contribution in [0, 0.1) is 0 Å². The van der Waals surface area contributed by atoms with E-state index in [1.807, 2.05) is 24.4 Å². The van der Waals surface area contributed by atoms with Gasteiger partial charge < -0.3 is 14.4 Å². The van der Waals surface area contributed by atoms with Crippen LogP contribution in [-0.4, -0.2) is 42.3 Å². The third kappa shape index (κ3) is 2.25. The van der Waals surface area contributed by atoms with Crippen LogP contribution in [0.5, 0.6) is 0 Å². The van der Waals surface area contributed by atoms with E-state index in [1.165, 1.54) is 0 Å². The van der Waals surface area contributed by atoms with E-state index in [0.717, 1.165) is 42.5 Å². The van der Waals surface area contributed by atoms with Crippen molar-refractivity contribution in [1.82, 2.24) is 10.2 Å². The molecular weight excluding hydrogens is 290 g/mol. The van der Waals surface area contributed by atoms with Crippen LogP contribution in [0.4, 0.5) is 5.69 Å². The lowest BCUT2D eigenvalue weighted by Crippen LogP contribution is -2.45. The van der Waals surface area contributed by atoms with Crippen LogP contribution < -0.4 is 4.90 Å². The van der Waals surface area contributed by atoms with Crippen molar-refractivity contribution in [1.29, 1.82) is 0 Å². The van der Waals surface area contributed by atoms with Gasteiger partial charge in [0, 0.05) is 31.3 Å². The van der Waals surface area contributed by atoms with Gasteiger partial charge in [0.2, 0.25) is 0 Å². The van der Waals surface area contributed by atoms with Gasteiger partial charge in [-0.3, -0.25) is 0 Å². The smallest absolute Gasteiger partial charge is 0.171 e. The van der Waals surface area contributed by atoms with E-state index in [0.29, 0.717) is 18.2 Å². The van der Waals surface area contributed by atoms with E-state index in [1.54, 1.807) is 0 Å². The molecule has 0 saturated carbocycles. The number of benzene rings is 1. The molecule has 110 valence electrons. The zero-order valence-corrected chi connectivity index (χ0v) is 12.3. The molecule has 0 aliphatic carbocycles. The Balaban J connectivity index is 1.64. The third-order valence-electron chi connectivity index (χ3n) is 4.28. The predicted octanol–water partition coefficient (Wildman–Crippen LogP) is 2.63. The Kier molecular flexibility index (Phi) is 3.21. The summed E-state index contributed by atoms with van der Waals surface area (Å²) in [5.41, 5.74) is 1.83. The number of piperidine rings is 1. The number of ether oxygens (including phenoxy) is 2. The highest BCUT2D eigenvalue weighted by Gasteiger charge is 2.40. The van der Waals surface area contributed by atoms with Gasteiger partial charge in [-0.25, -0.2) is 0 Å². The zero-order valence-electron chi connectivity index (χ0n) is 11.6. The molecule has 2 saturated heterocycles. The summed E-state index contributed by atoms with van der Waals surface area (Å²) in [6, 6.07) is 5.83. The van der Waals surface area contributed by atoms with Crippen molar-refractivity contribution in [3.63, 3.8) is 0 Å². The molecular formula is C15H16ClN3O2. The molecule has 0 amide bonds. The van der Waals surface area contributed by atoms with E-state index in [4.69, 9.17) is 21.1 Å². The molecule has 2 aromatic rings. The summed E-state index contributed by atoms with van der Waals surface area (Å²) in [6.07, 6.45) is 3.56. The maximum absolute atomic E-state index is 6.21. The van der Waals surface area contributed by atoms with Gasteiger partial charge in [-0.05, 0) is 6.07 Å². The number of hydrogen-bond acceptors (Lipinski definition) is 5. The number of anilines is 1. The van der Waals surface area contributed by atoms with Gasteiger partial charge in [-0.2, -0.15) is 5.10 Å². The molecule has 1 aromatic carbocycles. The van der Waals surface area contributed by atoms with E-state index in [2.05, 4.69) is 15.1 Å². The highest BCUT2D eigenvalue weighted by molar-refractivity contribution is 6.35. The molecule has 0 radical (unpaired) electrons. The Morgan fingerprint density at radius 1 is 1.14 bits per heavy atom. The Bertz CT molecular complexity index is 663. The fourth-order valence-corrected chi connectivity index (χ4v) is 3.37. The molecule has 21 heavy (non-hydrogen) atoms. The highest BCUT2D eigenvalue weighted by Crippen LogP contribution is 2.35. The molecule has 2 fully saturated rings. The lowest BCUT2D eigenvalue weighted by atomic mass is 10.0. The van der Waals surface area contributed by atoms with E-state index in [-0.39, 0.29) is 5.79 Å². The first kappa shape index (κ1) is 13.2. The molecule has 0 bridgehead atoms. The molecule has 3 heterocycles. The quantitative estimate of drug-likeness (QED) is 0.810. The van der Waals surface area contributed by atoms with Gasteiger partial charge in [0.05, 0.1) is 30.1 Å². The Labute approximate surface area is 127 Å². The Morgan fingerprint density at radius 2 is 1.90 bits per heavy atom. The maximum atomic E-state index is 6.21. The molecule has 6 heteroatoms. The minimum atomic E-state index is -0.357. The normalized spacial score (nSPS) is 21.3. The van der Waals surface area contributed by atoms with Gasteiger partial charge >= 0.3 is 0 Å². The molecule has 1 aromatic heterocycles. The SMILES string of the molecule is Clc1cccc2c(N3CCC4(CC3)OCCO4)cnnc12. The van der Waals surface area contributed by atoms with E-state index >= 15 is 0 Å². The molecule has 0 N–H and O–H groups in total. The monoisotopic (exact) mass is 305 g/mol. The molecule has 0 unspecified atom stereocenters. The van der Waals surface area contributed by atoms with Crippen LogP contribution in [0.3, 0.4) is 0 Å². The van der Waals surface area contributed by atoms with Crippen molar-refractivity contribution in [3.8, 4) is 0 Å². The lowest BCUT2D eigenvalue weighted by Gasteiger charge is -2.38. The Hall–Kier alpha value is -1.43. The summed E-state index contributed by atoms with van der Waals surface area (Å²) < 4.78 is 11.5. The summed E-state index contributed by atoms with van der Waals surface area (Å²) in [6.45, 7) is 3.17. The lowest BCUT2D eigenvalue weighted by molar-refractivity contribution is -0.169. The van der Waals surface area contributed by atoms with Gasteiger partial charge in [-0.15, -0.1) is 5.10 Å². The van der Waals surface area contributed by atoms with Crippen LogP contribution in [0.25, 0.3) is 10.9 Å². The standard InChI is InChI=1S/C15H16ClN3O2/c16-12-3-1-2-11-13(10-17-18-14(11)12)19-6-4-15(5-7-19)20-8-9-21-15/h1-3,10H,4-9H2. The first-order valence-corrected chi connectivity index (χ1v) is 7.58. The fraction of sp³-hybridized carbons (Fsp3) is 0.467. The Morgan fingerprint density at radius 3 is 2.67 bits per heavy atom. The topological polar surface area (TPSA) is 47.5 Å². The van der Waals surface area contributed by atoms with Gasteiger partial charge in [0.15, 0.2) is 5.79 Å². The second kappa shape index (κ2) is 5.09. The van der Waals surface area contributed by atoms with Crippen LogP contribution in [0.2, 0.25) is 5.02 Å². The van der Waals surface area contributed by atoms with Crippen molar-refractivity contribution in [2.75, 3.05) is 31.2 Å². The van der Waals surface area contributed by atoms with Crippen molar-refractivity contribution in [2.24, 2.45) is 0 Å². The average Bonchev–Trinajstić information content (AvgIpc) is 2.97. The van der Waals surface area contributed by atoms with Crippen molar-refractivity contribution in [3.05, 3.63) is 29.4 Å². The maximum Gasteiger partial charge on any atom is 0.171 e. The molecule has 5 nitrogen and oxygen atoms in total. The summed E-state index contributed by atoms with van der Waals surface area (Å²) in [4.78, 5) is 2.31. The number of aromatic nitrogens is 2. The van der Waals surface area contributed by atoms with E-state index in [9.17, 15) is 0 Å². The number of hydrogen-bond donors (Lipinski definition) is 0. The highest BCUT2D eigenvalue weighted by atomic mass is 35.5. The molecule has 4 rings (SSSR count). The van der Waals surface area contributed by atoms with Crippen LogP contribution in [0.15, 0.2) is 24.4 Å². The zero-order chi connectivity index (χ0) is 14.3. The molecule has 2 aliphatic heterocycles. The van der Waals surface area contributed by atoms with Crippen molar-refractivity contribution in [2.45, 2.75) is 18.6 Å². The van der Waals surface area contributed by atoms with Crippen LogP contribution >= 0.6 is 11.6 Å². The number of halogens is 1. The largest absolute Gasteiger partial charge is 0.369 e. The van der Waals surface area contributed by atoms with Gasteiger partial charge in [-0.1, -0.05) is 23.7 Å². The van der Waals surface area contributed by atoms with Crippen LogP contribution in [-0.2, 0) is 9.47 Å². The minimum absolute atomic E-state index is 0.357. The molecule has 0 atom stereocenters. The van der Waals surface area contributed by atoms with Gasteiger partial charge in [0.25, 0.3) is 0 Å². The summed E-state index contributed by atoms with van der Waals surface area (Å²) in [5.74, 6) is -0.357. The van der Waals surface area contributed by atoms with Gasteiger partial charge in [0.1, 0.15) is 5.52 Å². The summed E-state index contributed by atoms with van der Waals surface area (Å²) in [7, 11) is 0. The summed E-state index contributed by atoms with van der Waals surface area (Å²) in [5, 5.41) is 9.93. The first-order valence-electron chi connectivity index (χ1n) is 7.20. The van der Waals surface area contributed by atoms with E-state index < -0.39 is 0 Å². The second-order valence-corrected chi connectivity index (χ2v) is 5.87.